The Kier molecular flexibility index (Phi) is 4.95. The topological polar surface area (TPSA) is 88.1 Å². The van der Waals surface area contributed by atoms with Crippen molar-refractivity contribution in [1.82, 2.24) is 19.8 Å². The highest BCUT2D eigenvalue weighted by molar-refractivity contribution is 8.03. The highest BCUT2D eigenvalue weighted by atomic mass is 32.2. The van der Waals surface area contributed by atoms with Crippen molar-refractivity contribution in [1.29, 1.82) is 0 Å². The van der Waals surface area contributed by atoms with Gasteiger partial charge in [0.15, 0.2) is 11.4 Å². The molecule has 0 spiro atoms. The van der Waals surface area contributed by atoms with E-state index in [-0.39, 0.29) is 11.7 Å². The van der Waals surface area contributed by atoms with Crippen molar-refractivity contribution in [3.63, 3.8) is 0 Å². The van der Waals surface area contributed by atoms with Crippen LogP contribution in [0.15, 0.2) is 41.1 Å². The van der Waals surface area contributed by atoms with E-state index in [4.69, 9.17) is 9.47 Å². The Balaban J connectivity index is 1.46. The highest BCUT2D eigenvalue weighted by Gasteiger charge is 2.47. The Bertz CT molecular complexity index is 1040. The lowest BCUT2D eigenvalue weighted by Gasteiger charge is -2.33. The van der Waals surface area contributed by atoms with Crippen LogP contribution < -0.4 is 4.90 Å². The van der Waals surface area contributed by atoms with Crippen LogP contribution in [0.25, 0.3) is 11.0 Å². The molecule has 2 aromatic rings. The van der Waals surface area contributed by atoms with Crippen LogP contribution in [-0.2, 0) is 14.3 Å². The average molecular weight is 427 g/mol. The maximum atomic E-state index is 13.1. The standard InChI is InChI=1S/C20H21N5O4S/c1-23-7-9-24(10-8-23)20(27)29-19-16-15(28-11-12-30-16)18(26)25(19)14-5-4-13-3-2-6-21-17(13)22-14/h2-6,19H,7-12H2,1H3. The van der Waals surface area contributed by atoms with Gasteiger partial charge in [-0.1, -0.05) is 0 Å². The van der Waals surface area contributed by atoms with Crippen molar-refractivity contribution in [2.75, 3.05) is 50.5 Å². The van der Waals surface area contributed by atoms with E-state index in [0.717, 1.165) is 18.5 Å². The fourth-order valence-corrected chi connectivity index (χ4v) is 4.64. The number of aromatic nitrogens is 2. The van der Waals surface area contributed by atoms with Crippen LogP contribution in [0.2, 0.25) is 0 Å². The molecule has 2 aromatic heterocycles. The quantitative estimate of drug-likeness (QED) is 0.715. The minimum absolute atomic E-state index is 0.241. The van der Waals surface area contributed by atoms with E-state index >= 15 is 0 Å². The molecule has 5 heterocycles. The van der Waals surface area contributed by atoms with Gasteiger partial charge in [0.2, 0.25) is 6.23 Å². The first kappa shape index (κ1) is 19.1. The maximum absolute atomic E-state index is 13.1. The molecule has 156 valence electrons. The summed E-state index contributed by atoms with van der Waals surface area (Å²) < 4.78 is 11.5. The zero-order valence-electron chi connectivity index (χ0n) is 16.5. The number of ether oxygens (including phenoxy) is 2. The van der Waals surface area contributed by atoms with Crippen molar-refractivity contribution in [3.05, 3.63) is 41.1 Å². The fourth-order valence-electron chi connectivity index (χ4n) is 3.68. The monoisotopic (exact) mass is 427 g/mol. The molecule has 1 fully saturated rings. The second-order valence-electron chi connectivity index (χ2n) is 7.31. The number of pyridine rings is 2. The van der Waals surface area contributed by atoms with Gasteiger partial charge >= 0.3 is 6.09 Å². The molecule has 1 unspecified atom stereocenters. The van der Waals surface area contributed by atoms with Crippen molar-refractivity contribution >= 4 is 40.6 Å². The molecule has 0 saturated carbocycles. The lowest BCUT2D eigenvalue weighted by molar-refractivity contribution is -0.118. The van der Waals surface area contributed by atoms with Gasteiger partial charge in [0.1, 0.15) is 5.82 Å². The number of fused-ring (bicyclic) bond motifs is 1. The first-order valence-corrected chi connectivity index (χ1v) is 10.8. The minimum atomic E-state index is -0.890. The molecule has 0 radical (unpaired) electrons. The van der Waals surface area contributed by atoms with Crippen molar-refractivity contribution in [2.45, 2.75) is 6.23 Å². The van der Waals surface area contributed by atoms with Gasteiger partial charge in [-0.25, -0.2) is 19.7 Å². The first-order valence-electron chi connectivity index (χ1n) is 9.81. The van der Waals surface area contributed by atoms with E-state index in [9.17, 15) is 9.59 Å². The number of carbonyl (C=O) groups excluding carboxylic acids is 2. The summed E-state index contributed by atoms with van der Waals surface area (Å²) in [4.78, 5) is 40.7. The number of anilines is 1. The fraction of sp³-hybridized carbons (Fsp3) is 0.400. The predicted octanol–water partition coefficient (Wildman–Crippen LogP) is 1.66. The molecular formula is C20H21N5O4S. The van der Waals surface area contributed by atoms with Gasteiger partial charge < -0.3 is 19.3 Å². The second kappa shape index (κ2) is 7.77. The van der Waals surface area contributed by atoms with Crippen LogP contribution in [0.1, 0.15) is 0 Å². The zero-order chi connectivity index (χ0) is 20.7. The number of rotatable bonds is 2. The van der Waals surface area contributed by atoms with Gasteiger partial charge in [-0.2, -0.15) is 0 Å². The van der Waals surface area contributed by atoms with E-state index in [0.29, 0.717) is 41.8 Å². The molecule has 0 aliphatic carbocycles. The highest BCUT2D eigenvalue weighted by Crippen LogP contribution is 2.40. The predicted molar refractivity (Wildman–Crippen MR) is 112 cm³/mol. The Labute approximate surface area is 177 Å². The molecule has 1 atom stereocenters. The van der Waals surface area contributed by atoms with E-state index < -0.39 is 12.3 Å². The molecular weight excluding hydrogens is 406 g/mol. The van der Waals surface area contributed by atoms with Gasteiger partial charge in [0, 0.05) is 43.5 Å². The first-order chi connectivity index (χ1) is 14.6. The number of hydrogen-bond donors (Lipinski definition) is 0. The maximum Gasteiger partial charge on any atom is 0.412 e. The number of likely N-dealkylation sites (N-methyl/N-ethyl adjacent to an activating group) is 1. The third-order valence-electron chi connectivity index (χ3n) is 5.35. The molecule has 0 bridgehead atoms. The van der Waals surface area contributed by atoms with Crippen LogP contribution in [0, 0.1) is 0 Å². The van der Waals surface area contributed by atoms with Gasteiger partial charge in [-0.15, -0.1) is 11.8 Å². The summed E-state index contributed by atoms with van der Waals surface area (Å²) in [5.41, 5.74) is 0.519. The molecule has 5 rings (SSSR count). The zero-order valence-corrected chi connectivity index (χ0v) is 17.3. The molecule has 0 aromatic carbocycles. The summed E-state index contributed by atoms with van der Waals surface area (Å²) in [5.74, 6) is 0.956. The Morgan fingerprint density at radius 3 is 2.90 bits per heavy atom. The number of hydrogen-bond acceptors (Lipinski definition) is 8. The van der Waals surface area contributed by atoms with Gasteiger partial charge in [0.05, 0.1) is 11.5 Å². The van der Waals surface area contributed by atoms with E-state index in [1.165, 1.54) is 16.7 Å². The van der Waals surface area contributed by atoms with Crippen LogP contribution in [0.5, 0.6) is 0 Å². The lowest BCUT2D eigenvalue weighted by Crippen LogP contribution is -2.49. The number of piperazine rings is 1. The second-order valence-corrected chi connectivity index (χ2v) is 8.45. The average Bonchev–Trinajstić information content (AvgIpc) is 3.05. The molecule has 2 amide bonds. The summed E-state index contributed by atoms with van der Waals surface area (Å²) in [5, 5.41) is 0.863. The van der Waals surface area contributed by atoms with Crippen molar-refractivity contribution < 1.29 is 19.1 Å². The SMILES string of the molecule is CN1CCN(C(=O)OC2C3=C(OCCS3)C(=O)N2c2ccc3cccnc3n2)CC1. The number of amides is 2. The summed E-state index contributed by atoms with van der Waals surface area (Å²) in [6.07, 6.45) is 0.321. The summed E-state index contributed by atoms with van der Waals surface area (Å²) in [7, 11) is 2.02. The van der Waals surface area contributed by atoms with E-state index in [1.807, 2.05) is 25.2 Å². The van der Waals surface area contributed by atoms with Crippen LogP contribution in [0.4, 0.5) is 10.6 Å². The molecule has 3 aliphatic heterocycles. The Hall–Kier alpha value is -2.85. The number of carbonyl (C=O) groups is 2. The summed E-state index contributed by atoms with van der Waals surface area (Å²) in [6.45, 7) is 3.18. The van der Waals surface area contributed by atoms with Crippen LogP contribution in [0.3, 0.4) is 0 Å². The molecule has 9 nitrogen and oxygen atoms in total. The van der Waals surface area contributed by atoms with Crippen LogP contribution >= 0.6 is 11.8 Å². The molecule has 0 N–H and O–H groups in total. The molecule has 30 heavy (non-hydrogen) atoms. The van der Waals surface area contributed by atoms with Crippen molar-refractivity contribution in [2.24, 2.45) is 0 Å². The third-order valence-corrected chi connectivity index (χ3v) is 6.42. The minimum Gasteiger partial charge on any atom is -0.486 e. The number of thioether (sulfide) groups is 1. The summed E-state index contributed by atoms with van der Waals surface area (Å²) in [6, 6.07) is 7.32. The van der Waals surface area contributed by atoms with Crippen LogP contribution in [-0.4, -0.2) is 83.6 Å². The molecule has 10 heteroatoms. The van der Waals surface area contributed by atoms with Crippen molar-refractivity contribution in [3.8, 4) is 0 Å². The van der Waals surface area contributed by atoms with E-state index in [1.54, 1.807) is 17.2 Å². The normalized spacial score (nSPS) is 22.3. The largest absolute Gasteiger partial charge is 0.486 e. The Morgan fingerprint density at radius 1 is 1.23 bits per heavy atom. The molecule has 3 aliphatic rings. The Morgan fingerprint density at radius 2 is 2.07 bits per heavy atom. The van der Waals surface area contributed by atoms with Gasteiger partial charge in [-0.05, 0) is 31.3 Å². The van der Waals surface area contributed by atoms with Gasteiger partial charge in [0.25, 0.3) is 5.91 Å². The van der Waals surface area contributed by atoms with Gasteiger partial charge in [-0.3, -0.25) is 4.79 Å². The summed E-state index contributed by atoms with van der Waals surface area (Å²) >= 11 is 1.48. The lowest BCUT2D eigenvalue weighted by atomic mass is 10.3. The van der Waals surface area contributed by atoms with E-state index in [2.05, 4.69) is 14.9 Å². The smallest absolute Gasteiger partial charge is 0.412 e. The third kappa shape index (κ3) is 3.35. The number of nitrogens with zero attached hydrogens (tertiary/aromatic N) is 5. The molecule has 1 saturated heterocycles.